The molecule has 1 heterocycles. The second kappa shape index (κ2) is 6.88. The number of anilines is 1. The molecule has 0 radical (unpaired) electrons. The summed E-state index contributed by atoms with van der Waals surface area (Å²) in [7, 11) is 0. The van der Waals surface area contributed by atoms with Gasteiger partial charge in [-0.25, -0.2) is 4.79 Å². The topological polar surface area (TPSA) is 70.6 Å². The summed E-state index contributed by atoms with van der Waals surface area (Å²) < 4.78 is 5.74. The Morgan fingerprint density at radius 2 is 2.26 bits per heavy atom. The van der Waals surface area contributed by atoms with Gasteiger partial charge in [0.1, 0.15) is 0 Å². The van der Waals surface area contributed by atoms with Crippen LogP contribution >= 0.6 is 11.3 Å². The Kier molecular flexibility index (Phi) is 5.18. The first-order valence-corrected chi connectivity index (χ1v) is 7.45. The second-order valence-electron chi connectivity index (χ2n) is 4.75. The van der Waals surface area contributed by atoms with Gasteiger partial charge < -0.3 is 15.2 Å². The minimum atomic E-state index is -0.296. The summed E-state index contributed by atoms with van der Waals surface area (Å²) in [6.45, 7) is 0.835. The van der Waals surface area contributed by atoms with Crippen LogP contribution in [0.5, 0.6) is 0 Å². The average Bonchev–Trinajstić information content (AvgIpc) is 3.06. The van der Waals surface area contributed by atoms with Crippen molar-refractivity contribution < 1.29 is 14.6 Å². The number of aliphatic hydroxyl groups excluding tert-OH is 1. The third kappa shape index (κ3) is 4.19. The number of rotatable bonds is 6. The van der Waals surface area contributed by atoms with Gasteiger partial charge >= 0.3 is 6.03 Å². The molecule has 1 aliphatic rings. The average molecular weight is 284 g/mol. The molecular formula is C13H20N2O3S. The monoisotopic (exact) mass is 284 g/mol. The first-order chi connectivity index (χ1) is 9.24. The molecule has 2 amide bonds. The van der Waals surface area contributed by atoms with Gasteiger partial charge in [0.2, 0.25) is 0 Å². The van der Waals surface area contributed by atoms with Crippen molar-refractivity contribution in [3.63, 3.8) is 0 Å². The molecule has 6 heteroatoms. The van der Waals surface area contributed by atoms with Crippen molar-refractivity contribution in [1.82, 2.24) is 5.32 Å². The number of carbonyl (C=O) groups excluding carboxylic acids is 1. The molecule has 106 valence electrons. The van der Waals surface area contributed by atoms with Crippen LogP contribution in [0.3, 0.4) is 0 Å². The summed E-state index contributed by atoms with van der Waals surface area (Å²) >= 11 is 1.49. The number of hydrogen-bond donors (Lipinski definition) is 3. The Morgan fingerprint density at radius 1 is 1.47 bits per heavy atom. The Bertz CT molecular complexity index is 389. The van der Waals surface area contributed by atoms with E-state index < -0.39 is 0 Å². The van der Waals surface area contributed by atoms with Crippen molar-refractivity contribution in [3.05, 3.63) is 17.5 Å². The molecule has 0 aromatic carbocycles. The van der Waals surface area contributed by atoms with Gasteiger partial charge in [-0.1, -0.05) is 12.8 Å². The fourth-order valence-electron chi connectivity index (χ4n) is 2.40. The van der Waals surface area contributed by atoms with E-state index in [2.05, 4.69) is 10.6 Å². The second-order valence-corrected chi connectivity index (χ2v) is 5.69. The smallest absolute Gasteiger partial charge is 0.319 e. The van der Waals surface area contributed by atoms with Crippen LogP contribution in [0.15, 0.2) is 17.5 Å². The first kappa shape index (κ1) is 14.3. The van der Waals surface area contributed by atoms with E-state index >= 15 is 0 Å². The number of nitrogens with one attached hydrogen (secondary N) is 2. The largest absolute Gasteiger partial charge is 0.394 e. The molecule has 0 spiro atoms. The normalized spacial score (nSPS) is 17.3. The minimum absolute atomic E-state index is 0.0170. The van der Waals surface area contributed by atoms with Crippen LogP contribution in [-0.2, 0) is 4.74 Å². The quantitative estimate of drug-likeness (QED) is 0.750. The van der Waals surface area contributed by atoms with E-state index in [4.69, 9.17) is 9.84 Å². The molecule has 0 aliphatic heterocycles. The predicted molar refractivity (Wildman–Crippen MR) is 75.6 cm³/mol. The minimum Gasteiger partial charge on any atom is -0.394 e. The predicted octanol–water partition coefficient (Wildman–Crippen LogP) is 2.19. The van der Waals surface area contributed by atoms with E-state index in [1.165, 1.54) is 11.3 Å². The summed E-state index contributed by atoms with van der Waals surface area (Å²) in [5.74, 6) is 0. The van der Waals surface area contributed by atoms with Crippen LogP contribution in [0.2, 0.25) is 0 Å². The van der Waals surface area contributed by atoms with Crippen molar-refractivity contribution in [2.75, 3.05) is 25.1 Å². The van der Waals surface area contributed by atoms with Crippen molar-refractivity contribution in [1.29, 1.82) is 0 Å². The molecule has 0 unspecified atom stereocenters. The van der Waals surface area contributed by atoms with Gasteiger partial charge in [0.05, 0.1) is 23.8 Å². The van der Waals surface area contributed by atoms with Gasteiger partial charge in [0.25, 0.3) is 0 Å². The van der Waals surface area contributed by atoms with E-state index in [1.807, 2.05) is 17.5 Å². The lowest BCUT2D eigenvalue weighted by Crippen LogP contribution is -2.44. The maximum absolute atomic E-state index is 11.8. The zero-order chi connectivity index (χ0) is 13.6. The van der Waals surface area contributed by atoms with Crippen molar-refractivity contribution >= 4 is 22.4 Å². The Hall–Kier alpha value is -1.11. The SMILES string of the molecule is O=C(NCC1(OCCO)CCCC1)Nc1cccs1. The van der Waals surface area contributed by atoms with Gasteiger partial charge in [0, 0.05) is 6.54 Å². The third-order valence-electron chi connectivity index (χ3n) is 3.34. The number of aliphatic hydroxyl groups is 1. The summed E-state index contributed by atoms with van der Waals surface area (Å²) in [6, 6.07) is 3.54. The molecule has 19 heavy (non-hydrogen) atoms. The Labute approximate surface area is 117 Å². The van der Waals surface area contributed by atoms with E-state index in [-0.39, 0.29) is 18.2 Å². The van der Waals surface area contributed by atoms with Crippen LogP contribution in [0.4, 0.5) is 9.80 Å². The molecule has 0 bridgehead atoms. The zero-order valence-electron chi connectivity index (χ0n) is 10.9. The highest BCUT2D eigenvalue weighted by Gasteiger charge is 2.35. The Balaban J connectivity index is 1.79. The highest BCUT2D eigenvalue weighted by molar-refractivity contribution is 7.14. The lowest BCUT2D eigenvalue weighted by molar-refractivity contribution is -0.0503. The van der Waals surface area contributed by atoms with Crippen LogP contribution < -0.4 is 10.6 Å². The molecule has 0 atom stereocenters. The maximum Gasteiger partial charge on any atom is 0.319 e. The summed E-state index contributed by atoms with van der Waals surface area (Å²) in [6.07, 6.45) is 4.10. The van der Waals surface area contributed by atoms with Crippen LogP contribution in [0, 0.1) is 0 Å². The highest BCUT2D eigenvalue weighted by Crippen LogP contribution is 2.32. The van der Waals surface area contributed by atoms with Crippen LogP contribution in [-0.4, -0.2) is 36.5 Å². The molecule has 1 fully saturated rings. The van der Waals surface area contributed by atoms with E-state index in [0.29, 0.717) is 13.2 Å². The summed E-state index contributed by atoms with van der Waals surface area (Å²) in [5.41, 5.74) is -0.296. The van der Waals surface area contributed by atoms with Gasteiger partial charge in [-0.05, 0) is 30.4 Å². The highest BCUT2D eigenvalue weighted by atomic mass is 32.1. The maximum atomic E-state index is 11.8. The van der Waals surface area contributed by atoms with E-state index in [0.717, 1.165) is 30.7 Å². The standard InChI is InChI=1S/C13H20N2O3S/c16-7-8-18-13(5-1-2-6-13)10-14-12(17)15-11-4-3-9-19-11/h3-4,9,16H,1-2,5-8,10H2,(H2,14,15,17). The number of carbonyl (C=O) groups is 1. The fourth-order valence-corrected chi connectivity index (χ4v) is 3.01. The number of thiophene rings is 1. The van der Waals surface area contributed by atoms with Gasteiger partial charge in [0.15, 0.2) is 0 Å². The zero-order valence-corrected chi connectivity index (χ0v) is 11.7. The first-order valence-electron chi connectivity index (χ1n) is 6.57. The molecule has 1 aliphatic carbocycles. The molecule has 2 rings (SSSR count). The molecule has 1 aromatic heterocycles. The van der Waals surface area contributed by atoms with Gasteiger partial charge in [-0.2, -0.15) is 0 Å². The molecular weight excluding hydrogens is 264 g/mol. The van der Waals surface area contributed by atoms with Crippen molar-refractivity contribution in [2.24, 2.45) is 0 Å². The Morgan fingerprint density at radius 3 is 2.89 bits per heavy atom. The lowest BCUT2D eigenvalue weighted by Gasteiger charge is -2.29. The summed E-state index contributed by atoms with van der Waals surface area (Å²) in [5, 5.41) is 17.3. The summed E-state index contributed by atoms with van der Waals surface area (Å²) in [4.78, 5) is 11.8. The number of hydrogen-bond acceptors (Lipinski definition) is 4. The van der Waals surface area contributed by atoms with Crippen molar-refractivity contribution in [2.45, 2.75) is 31.3 Å². The molecule has 1 aromatic rings. The number of ether oxygens (including phenoxy) is 1. The number of amides is 2. The molecule has 0 saturated heterocycles. The molecule has 3 N–H and O–H groups in total. The van der Waals surface area contributed by atoms with E-state index in [1.54, 1.807) is 0 Å². The van der Waals surface area contributed by atoms with Crippen LogP contribution in [0.25, 0.3) is 0 Å². The molecule has 1 saturated carbocycles. The van der Waals surface area contributed by atoms with Gasteiger partial charge in [-0.3, -0.25) is 5.32 Å². The fraction of sp³-hybridized carbons (Fsp3) is 0.615. The van der Waals surface area contributed by atoms with E-state index in [9.17, 15) is 4.79 Å². The lowest BCUT2D eigenvalue weighted by atomic mass is 10.0. The van der Waals surface area contributed by atoms with Crippen molar-refractivity contribution in [3.8, 4) is 0 Å². The van der Waals surface area contributed by atoms with Crippen LogP contribution in [0.1, 0.15) is 25.7 Å². The molecule has 5 nitrogen and oxygen atoms in total. The number of urea groups is 1. The van der Waals surface area contributed by atoms with Gasteiger partial charge in [-0.15, -0.1) is 11.3 Å². The third-order valence-corrected chi connectivity index (χ3v) is 4.13.